The Morgan fingerprint density at radius 1 is 1.23 bits per heavy atom. The zero-order valence-corrected chi connectivity index (χ0v) is 17.3. The van der Waals surface area contributed by atoms with Gasteiger partial charge >= 0.3 is 0 Å². The van der Waals surface area contributed by atoms with Crippen LogP contribution in [0.4, 0.5) is 5.69 Å². The van der Waals surface area contributed by atoms with Crippen molar-refractivity contribution in [3.8, 4) is 0 Å². The van der Waals surface area contributed by atoms with Crippen molar-refractivity contribution in [2.75, 3.05) is 18.5 Å². The molecule has 0 atom stereocenters. The van der Waals surface area contributed by atoms with Gasteiger partial charge in [-0.25, -0.2) is 9.67 Å². The van der Waals surface area contributed by atoms with Crippen molar-refractivity contribution in [1.29, 1.82) is 0 Å². The van der Waals surface area contributed by atoms with E-state index in [1.807, 2.05) is 6.92 Å². The number of nitrogens with one attached hydrogen (secondary N) is 2. The number of ether oxygens (including phenoxy) is 1. The standard InChI is InChI=1S/C21H25N7O3/c1-2-28-20-16(12-26-28)18(27-15-3-5-31-6-4-15)17(11-24-20)21(30)25-9-13-7-14(19(22)29)10-23-8-13/h7-8,10-12,15H,2-6,9H2,1H3,(H2,22,29)(H,24,27)(H,25,30). The van der Waals surface area contributed by atoms with Gasteiger partial charge in [-0.15, -0.1) is 0 Å². The van der Waals surface area contributed by atoms with E-state index in [1.54, 1.807) is 29.3 Å². The molecule has 0 radical (unpaired) electrons. The van der Waals surface area contributed by atoms with Crippen LogP contribution in [0.5, 0.6) is 0 Å². The van der Waals surface area contributed by atoms with Gasteiger partial charge in [-0.1, -0.05) is 0 Å². The highest BCUT2D eigenvalue weighted by molar-refractivity contribution is 6.06. The fourth-order valence-corrected chi connectivity index (χ4v) is 3.63. The van der Waals surface area contributed by atoms with Crippen LogP contribution in [0.15, 0.2) is 30.9 Å². The Morgan fingerprint density at radius 3 is 2.77 bits per heavy atom. The SMILES string of the molecule is CCn1ncc2c(NC3CCOCC3)c(C(=O)NCc3cncc(C(N)=O)c3)cnc21. The Morgan fingerprint density at radius 2 is 2.03 bits per heavy atom. The fraction of sp³-hybridized carbons (Fsp3) is 0.381. The molecule has 3 aromatic heterocycles. The van der Waals surface area contributed by atoms with Crippen molar-refractivity contribution in [2.24, 2.45) is 5.73 Å². The number of aromatic nitrogens is 4. The highest BCUT2D eigenvalue weighted by Crippen LogP contribution is 2.28. The Kier molecular flexibility index (Phi) is 6.08. The minimum atomic E-state index is -0.564. The van der Waals surface area contributed by atoms with Gasteiger partial charge in [0, 0.05) is 50.9 Å². The normalized spacial score (nSPS) is 14.5. The van der Waals surface area contributed by atoms with Gasteiger partial charge in [0.15, 0.2) is 5.65 Å². The lowest BCUT2D eigenvalue weighted by Crippen LogP contribution is -2.30. The van der Waals surface area contributed by atoms with E-state index in [2.05, 4.69) is 25.7 Å². The predicted octanol–water partition coefficient (Wildman–Crippen LogP) is 1.47. The summed E-state index contributed by atoms with van der Waals surface area (Å²) >= 11 is 0. The van der Waals surface area contributed by atoms with Gasteiger partial charge < -0.3 is 21.1 Å². The van der Waals surface area contributed by atoms with E-state index in [-0.39, 0.29) is 18.5 Å². The van der Waals surface area contributed by atoms with Crippen LogP contribution in [-0.4, -0.2) is 50.8 Å². The molecule has 2 amide bonds. The van der Waals surface area contributed by atoms with E-state index in [0.29, 0.717) is 36.4 Å². The molecule has 4 N–H and O–H groups in total. The molecule has 1 fully saturated rings. The molecule has 1 saturated heterocycles. The third kappa shape index (κ3) is 4.48. The summed E-state index contributed by atoms with van der Waals surface area (Å²) in [6, 6.07) is 1.82. The number of rotatable bonds is 7. The number of hydrogen-bond donors (Lipinski definition) is 3. The third-order valence-electron chi connectivity index (χ3n) is 5.31. The summed E-state index contributed by atoms with van der Waals surface area (Å²) in [5.41, 5.74) is 8.17. The second-order valence-corrected chi connectivity index (χ2v) is 7.40. The lowest BCUT2D eigenvalue weighted by molar-refractivity contribution is 0.0903. The maximum atomic E-state index is 13.1. The van der Waals surface area contributed by atoms with Crippen LogP contribution in [0.1, 0.15) is 46.0 Å². The molecule has 162 valence electrons. The monoisotopic (exact) mass is 423 g/mol. The van der Waals surface area contributed by atoms with E-state index in [9.17, 15) is 9.59 Å². The van der Waals surface area contributed by atoms with Crippen LogP contribution < -0.4 is 16.4 Å². The second kappa shape index (κ2) is 9.09. The third-order valence-corrected chi connectivity index (χ3v) is 5.31. The second-order valence-electron chi connectivity index (χ2n) is 7.40. The molecule has 1 aliphatic heterocycles. The topological polar surface area (TPSA) is 137 Å². The van der Waals surface area contributed by atoms with Crippen LogP contribution in [-0.2, 0) is 17.8 Å². The van der Waals surface area contributed by atoms with Crippen LogP contribution in [0, 0.1) is 0 Å². The first-order chi connectivity index (χ1) is 15.1. The number of carbonyl (C=O) groups excluding carboxylic acids is 2. The molecule has 0 bridgehead atoms. The molecule has 0 aromatic carbocycles. The molecule has 0 aliphatic carbocycles. The minimum absolute atomic E-state index is 0.201. The quantitative estimate of drug-likeness (QED) is 0.523. The van der Waals surface area contributed by atoms with Crippen LogP contribution >= 0.6 is 0 Å². The molecule has 0 saturated carbocycles. The van der Waals surface area contributed by atoms with E-state index >= 15 is 0 Å². The molecule has 4 heterocycles. The van der Waals surface area contributed by atoms with Gasteiger partial charge in [-0.3, -0.25) is 14.6 Å². The number of amides is 2. The molecule has 3 aromatic rings. The molecule has 0 spiro atoms. The zero-order valence-electron chi connectivity index (χ0n) is 17.3. The average molecular weight is 423 g/mol. The summed E-state index contributed by atoms with van der Waals surface area (Å²) in [4.78, 5) is 32.9. The Hall–Kier alpha value is -3.53. The predicted molar refractivity (Wildman–Crippen MR) is 115 cm³/mol. The van der Waals surface area contributed by atoms with E-state index in [0.717, 1.165) is 29.6 Å². The molecular formula is C21H25N7O3. The van der Waals surface area contributed by atoms with Gasteiger partial charge in [0.2, 0.25) is 5.91 Å². The molecule has 10 heteroatoms. The summed E-state index contributed by atoms with van der Waals surface area (Å²) in [5.74, 6) is -0.844. The number of pyridine rings is 2. The van der Waals surface area contributed by atoms with Crippen molar-refractivity contribution < 1.29 is 14.3 Å². The van der Waals surface area contributed by atoms with E-state index in [4.69, 9.17) is 10.5 Å². The van der Waals surface area contributed by atoms with E-state index in [1.165, 1.54) is 6.20 Å². The van der Waals surface area contributed by atoms with E-state index < -0.39 is 5.91 Å². The van der Waals surface area contributed by atoms with Crippen molar-refractivity contribution in [2.45, 2.75) is 38.9 Å². The zero-order chi connectivity index (χ0) is 21.8. The summed E-state index contributed by atoms with van der Waals surface area (Å²) in [6.45, 7) is 4.25. The molecule has 31 heavy (non-hydrogen) atoms. The Balaban J connectivity index is 1.60. The van der Waals surface area contributed by atoms with Crippen molar-refractivity contribution >= 4 is 28.5 Å². The van der Waals surface area contributed by atoms with Gasteiger partial charge in [0.25, 0.3) is 5.91 Å². The number of nitrogens with two attached hydrogens (primary N) is 1. The fourth-order valence-electron chi connectivity index (χ4n) is 3.63. The molecule has 4 rings (SSSR count). The van der Waals surface area contributed by atoms with Gasteiger partial charge in [-0.05, 0) is 31.4 Å². The lowest BCUT2D eigenvalue weighted by atomic mass is 10.1. The Bertz CT molecular complexity index is 1110. The number of aryl methyl sites for hydroxylation is 1. The molecule has 1 aliphatic rings. The number of primary amides is 1. The smallest absolute Gasteiger partial charge is 0.255 e. The number of carbonyl (C=O) groups is 2. The maximum Gasteiger partial charge on any atom is 0.255 e. The van der Waals surface area contributed by atoms with Crippen LogP contribution in [0.3, 0.4) is 0 Å². The molecule has 0 unspecified atom stereocenters. The van der Waals surface area contributed by atoms with Gasteiger partial charge in [0.05, 0.1) is 28.4 Å². The first-order valence-corrected chi connectivity index (χ1v) is 10.3. The van der Waals surface area contributed by atoms with Crippen molar-refractivity contribution in [3.63, 3.8) is 0 Å². The first kappa shape index (κ1) is 20.7. The lowest BCUT2D eigenvalue weighted by Gasteiger charge is -2.25. The van der Waals surface area contributed by atoms with Crippen LogP contribution in [0.2, 0.25) is 0 Å². The summed E-state index contributed by atoms with van der Waals surface area (Å²) < 4.78 is 7.25. The average Bonchev–Trinajstić information content (AvgIpc) is 3.22. The molecular weight excluding hydrogens is 398 g/mol. The number of fused-ring (bicyclic) bond motifs is 1. The van der Waals surface area contributed by atoms with Gasteiger partial charge in [-0.2, -0.15) is 5.10 Å². The number of hydrogen-bond acceptors (Lipinski definition) is 7. The van der Waals surface area contributed by atoms with Gasteiger partial charge in [0.1, 0.15) is 0 Å². The number of anilines is 1. The summed E-state index contributed by atoms with van der Waals surface area (Å²) in [7, 11) is 0. The maximum absolute atomic E-state index is 13.1. The Labute approximate surface area is 179 Å². The van der Waals surface area contributed by atoms with Crippen molar-refractivity contribution in [3.05, 3.63) is 47.5 Å². The highest BCUT2D eigenvalue weighted by Gasteiger charge is 2.22. The first-order valence-electron chi connectivity index (χ1n) is 10.3. The molecule has 10 nitrogen and oxygen atoms in total. The van der Waals surface area contributed by atoms with Crippen molar-refractivity contribution in [1.82, 2.24) is 25.1 Å². The highest BCUT2D eigenvalue weighted by atomic mass is 16.5. The summed E-state index contributed by atoms with van der Waals surface area (Å²) in [6.07, 6.45) is 8.01. The largest absolute Gasteiger partial charge is 0.381 e. The summed E-state index contributed by atoms with van der Waals surface area (Å²) in [5, 5.41) is 11.6. The minimum Gasteiger partial charge on any atom is -0.381 e. The van der Waals surface area contributed by atoms with Crippen LogP contribution in [0.25, 0.3) is 11.0 Å². The number of nitrogens with zero attached hydrogens (tertiary/aromatic N) is 4.